The number of rotatable bonds is 4. The Bertz CT molecular complexity index is 350. The Hall–Kier alpha value is -1.04. The van der Waals surface area contributed by atoms with Crippen LogP contribution in [-0.2, 0) is 4.74 Å². The molecule has 0 aliphatic heterocycles. The van der Waals surface area contributed by atoms with Crippen molar-refractivity contribution in [2.45, 2.75) is 12.2 Å². The summed E-state index contributed by atoms with van der Waals surface area (Å²) in [5.41, 5.74) is 0.938. The Morgan fingerprint density at radius 3 is 2.38 bits per heavy atom. The second kappa shape index (κ2) is 5.89. The van der Waals surface area contributed by atoms with E-state index in [1.807, 2.05) is 0 Å². The fourth-order valence-electron chi connectivity index (χ4n) is 1.26. The number of aliphatic hydroxyl groups excluding tert-OH is 2. The number of ether oxygens (including phenoxy) is 1. The van der Waals surface area contributed by atoms with Gasteiger partial charge in [-0.2, -0.15) is 12.6 Å². The molecule has 0 heterocycles. The lowest BCUT2D eigenvalue weighted by Gasteiger charge is -2.16. The fraction of sp³-hybridized carbons (Fsp3) is 0.364. The molecule has 0 bridgehead atoms. The highest BCUT2D eigenvalue weighted by Crippen LogP contribution is 2.18. The summed E-state index contributed by atoms with van der Waals surface area (Å²) in [6.45, 7) is 0. The van der Waals surface area contributed by atoms with Crippen LogP contribution in [0.4, 0.5) is 0 Å². The van der Waals surface area contributed by atoms with E-state index in [0.29, 0.717) is 11.1 Å². The number of hydrogen-bond donors (Lipinski definition) is 3. The number of methoxy groups -OCH3 is 1. The van der Waals surface area contributed by atoms with E-state index in [9.17, 15) is 15.0 Å². The number of hydrogen-bond acceptors (Lipinski definition) is 5. The van der Waals surface area contributed by atoms with Crippen molar-refractivity contribution in [2.24, 2.45) is 0 Å². The standard InChI is InChI=1S/C11H14O4S/c1-15-11(14)8-4-2-7(3-5-8)10(13)9(12)6-16/h2-5,9-10,12-13,16H,6H2,1H3. The maximum absolute atomic E-state index is 11.1. The zero-order chi connectivity index (χ0) is 12.1. The van der Waals surface area contributed by atoms with E-state index in [4.69, 9.17) is 0 Å². The lowest BCUT2D eigenvalue weighted by atomic mass is 10.0. The SMILES string of the molecule is COC(=O)c1ccc(C(O)C(O)CS)cc1. The molecule has 1 aromatic rings. The minimum atomic E-state index is -0.996. The first kappa shape index (κ1) is 13.0. The van der Waals surface area contributed by atoms with Crippen molar-refractivity contribution in [1.82, 2.24) is 0 Å². The molecule has 1 rings (SSSR count). The normalized spacial score (nSPS) is 14.2. The lowest BCUT2D eigenvalue weighted by molar-refractivity contribution is 0.0337. The molecule has 0 spiro atoms. The van der Waals surface area contributed by atoms with Gasteiger partial charge in [0.2, 0.25) is 0 Å². The molecule has 0 aliphatic rings. The molecule has 5 heteroatoms. The van der Waals surface area contributed by atoms with E-state index in [2.05, 4.69) is 17.4 Å². The molecule has 0 aromatic heterocycles. The lowest BCUT2D eigenvalue weighted by Crippen LogP contribution is -2.19. The van der Waals surface area contributed by atoms with Gasteiger partial charge in [0, 0.05) is 5.75 Å². The van der Waals surface area contributed by atoms with Gasteiger partial charge in [0.05, 0.1) is 18.8 Å². The first-order valence-corrected chi connectivity index (χ1v) is 5.38. The third-order valence-electron chi connectivity index (χ3n) is 2.22. The number of esters is 1. The Morgan fingerprint density at radius 2 is 1.94 bits per heavy atom. The van der Waals surface area contributed by atoms with E-state index in [0.717, 1.165) is 0 Å². The molecule has 0 saturated heterocycles. The van der Waals surface area contributed by atoms with Crippen molar-refractivity contribution in [3.8, 4) is 0 Å². The van der Waals surface area contributed by atoms with E-state index < -0.39 is 18.2 Å². The molecule has 88 valence electrons. The van der Waals surface area contributed by atoms with Crippen molar-refractivity contribution in [2.75, 3.05) is 12.9 Å². The summed E-state index contributed by atoms with van der Waals surface area (Å²) in [4.78, 5) is 11.1. The number of carbonyl (C=O) groups is 1. The maximum Gasteiger partial charge on any atom is 0.337 e. The van der Waals surface area contributed by atoms with Crippen LogP contribution in [0.15, 0.2) is 24.3 Å². The summed E-state index contributed by atoms with van der Waals surface area (Å²) >= 11 is 3.89. The molecule has 1 aromatic carbocycles. The second-order valence-corrected chi connectivity index (χ2v) is 3.67. The Labute approximate surface area is 99.3 Å². The van der Waals surface area contributed by atoms with Gasteiger partial charge in [-0.3, -0.25) is 0 Å². The van der Waals surface area contributed by atoms with Gasteiger partial charge in [-0.1, -0.05) is 12.1 Å². The third-order valence-corrected chi connectivity index (χ3v) is 2.60. The zero-order valence-corrected chi connectivity index (χ0v) is 9.72. The predicted octanol–water partition coefficient (Wildman–Crippen LogP) is 0.797. The highest BCUT2D eigenvalue weighted by molar-refractivity contribution is 7.80. The van der Waals surface area contributed by atoms with Crippen LogP contribution in [0.1, 0.15) is 22.0 Å². The average molecular weight is 242 g/mol. The largest absolute Gasteiger partial charge is 0.465 e. The molecule has 0 radical (unpaired) electrons. The van der Waals surface area contributed by atoms with Crippen LogP contribution < -0.4 is 0 Å². The highest BCUT2D eigenvalue weighted by Gasteiger charge is 2.17. The molecule has 2 unspecified atom stereocenters. The van der Waals surface area contributed by atoms with Crippen LogP contribution in [0.3, 0.4) is 0 Å². The van der Waals surface area contributed by atoms with Crippen LogP contribution in [-0.4, -0.2) is 35.1 Å². The zero-order valence-electron chi connectivity index (χ0n) is 8.83. The first-order chi connectivity index (χ1) is 7.60. The summed E-state index contributed by atoms with van der Waals surface area (Å²) in [7, 11) is 1.30. The van der Waals surface area contributed by atoms with Crippen LogP contribution in [0.25, 0.3) is 0 Å². The molecular formula is C11H14O4S. The number of carbonyl (C=O) groups excluding carboxylic acids is 1. The van der Waals surface area contributed by atoms with E-state index in [1.54, 1.807) is 12.1 Å². The number of thiol groups is 1. The van der Waals surface area contributed by atoms with Crippen molar-refractivity contribution >= 4 is 18.6 Å². The second-order valence-electron chi connectivity index (χ2n) is 3.31. The van der Waals surface area contributed by atoms with Gasteiger partial charge in [-0.05, 0) is 17.7 Å². The molecule has 0 saturated carbocycles. The predicted molar refractivity (Wildman–Crippen MR) is 62.6 cm³/mol. The smallest absolute Gasteiger partial charge is 0.337 e. The Kier molecular flexibility index (Phi) is 4.79. The van der Waals surface area contributed by atoms with Crippen LogP contribution in [0.5, 0.6) is 0 Å². The third kappa shape index (κ3) is 2.98. The number of benzene rings is 1. The molecule has 0 amide bonds. The van der Waals surface area contributed by atoms with Gasteiger partial charge >= 0.3 is 5.97 Å². The van der Waals surface area contributed by atoms with Crippen molar-refractivity contribution in [1.29, 1.82) is 0 Å². The fourth-order valence-corrected chi connectivity index (χ4v) is 1.46. The Balaban J connectivity index is 2.82. The topological polar surface area (TPSA) is 66.8 Å². The van der Waals surface area contributed by atoms with Gasteiger partial charge in [0.1, 0.15) is 6.10 Å². The van der Waals surface area contributed by atoms with Crippen LogP contribution in [0, 0.1) is 0 Å². The van der Waals surface area contributed by atoms with Gasteiger partial charge in [-0.25, -0.2) is 4.79 Å². The summed E-state index contributed by atoms with van der Waals surface area (Å²) in [6.07, 6.45) is -1.92. The monoisotopic (exact) mass is 242 g/mol. The highest BCUT2D eigenvalue weighted by atomic mass is 32.1. The molecule has 2 atom stereocenters. The first-order valence-electron chi connectivity index (χ1n) is 4.75. The molecule has 16 heavy (non-hydrogen) atoms. The van der Waals surface area contributed by atoms with Gasteiger partial charge < -0.3 is 14.9 Å². The summed E-state index contributed by atoms with van der Waals surface area (Å²) in [5.74, 6) is -0.268. The minimum absolute atomic E-state index is 0.167. The van der Waals surface area contributed by atoms with E-state index >= 15 is 0 Å². The summed E-state index contributed by atoms with van der Waals surface area (Å²) in [5, 5.41) is 19.0. The van der Waals surface area contributed by atoms with E-state index in [1.165, 1.54) is 19.2 Å². The minimum Gasteiger partial charge on any atom is -0.465 e. The molecule has 4 nitrogen and oxygen atoms in total. The van der Waals surface area contributed by atoms with E-state index in [-0.39, 0.29) is 5.75 Å². The Morgan fingerprint density at radius 1 is 1.38 bits per heavy atom. The van der Waals surface area contributed by atoms with Gasteiger partial charge in [-0.15, -0.1) is 0 Å². The van der Waals surface area contributed by atoms with Crippen LogP contribution in [0.2, 0.25) is 0 Å². The van der Waals surface area contributed by atoms with Crippen LogP contribution >= 0.6 is 12.6 Å². The van der Waals surface area contributed by atoms with Crippen molar-refractivity contribution < 1.29 is 19.7 Å². The van der Waals surface area contributed by atoms with Crippen molar-refractivity contribution in [3.05, 3.63) is 35.4 Å². The molecule has 0 aliphatic carbocycles. The maximum atomic E-state index is 11.1. The molecular weight excluding hydrogens is 228 g/mol. The number of aliphatic hydroxyl groups is 2. The summed E-state index contributed by atoms with van der Waals surface area (Å²) in [6, 6.07) is 6.22. The molecule has 2 N–H and O–H groups in total. The molecule has 0 fully saturated rings. The average Bonchev–Trinajstić information content (AvgIpc) is 2.36. The summed E-state index contributed by atoms with van der Waals surface area (Å²) < 4.78 is 4.54. The quantitative estimate of drug-likeness (QED) is 0.539. The van der Waals surface area contributed by atoms with Gasteiger partial charge in [0.15, 0.2) is 0 Å². The van der Waals surface area contributed by atoms with Gasteiger partial charge in [0.25, 0.3) is 0 Å². The van der Waals surface area contributed by atoms with Crippen molar-refractivity contribution in [3.63, 3.8) is 0 Å².